The lowest BCUT2D eigenvalue weighted by Gasteiger charge is -2.20. The molecule has 1 atom stereocenters. The maximum atomic E-state index is 4.48. The van der Waals surface area contributed by atoms with Gasteiger partial charge in [-0.2, -0.15) is 5.10 Å². The number of halogens is 1. The summed E-state index contributed by atoms with van der Waals surface area (Å²) in [5, 5.41) is 7.90. The van der Waals surface area contributed by atoms with E-state index in [-0.39, 0.29) is 6.04 Å². The van der Waals surface area contributed by atoms with Gasteiger partial charge in [-0.25, -0.2) is 0 Å². The molecule has 0 fully saturated rings. The van der Waals surface area contributed by atoms with Gasteiger partial charge in [0.15, 0.2) is 0 Å². The average Bonchev–Trinajstić information content (AvgIpc) is 2.84. The Labute approximate surface area is 139 Å². The molecule has 2 aromatic rings. The van der Waals surface area contributed by atoms with Gasteiger partial charge >= 0.3 is 0 Å². The van der Waals surface area contributed by atoms with E-state index in [9.17, 15) is 0 Å². The molecular formula is C16H22BrN3S. The molecule has 5 heteroatoms. The second kappa shape index (κ2) is 7.47. The Kier molecular flexibility index (Phi) is 5.90. The van der Waals surface area contributed by atoms with Crippen LogP contribution in [0.1, 0.15) is 37.2 Å². The molecule has 0 radical (unpaired) electrons. The first kappa shape index (κ1) is 16.6. The third kappa shape index (κ3) is 3.90. The molecule has 1 heterocycles. The predicted octanol–water partition coefficient (Wildman–Crippen LogP) is 4.59. The van der Waals surface area contributed by atoms with Gasteiger partial charge in [0.2, 0.25) is 0 Å². The van der Waals surface area contributed by atoms with Gasteiger partial charge in [-0.1, -0.05) is 18.2 Å². The van der Waals surface area contributed by atoms with Crippen molar-refractivity contribution in [1.82, 2.24) is 15.1 Å². The number of nitrogens with one attached hydrogen (secondary N) is 1. The normalized spacial score (nSPS) is 12.9. The quantitative estimate of drug-likeness (QED) is 0.757. The molecule has 0 aliphatic heterocycles. The summed E-state index contributed by atoms with van der Waals surface area (Å²) in [6, 6.07) is 9.13. The van der Waals surface area contributed by atoms with Gasteiger partial charge in [-0.3, -0.25) is 4.68 Å². The van der Waals surface area contributed by atoms with Gasteiger partial charge in [0.1, 0.15) is 0 Å². The summed E-state index contributed by atoms with van der Waals surface area (Å²) in [5.41, 5.74) is 2.54. The first-order valence-electron chi connectivity index (χ1n) is 7.13. The molecule has 0 saturated carbocycles. The van der Waals surface area contributed by atoms with Crippen LogP contribution in [0.5, 0.6) is 0 Å². The fraction of sp³-hybridized carbons (Fsp3) is 0.438. The van der Waals surface area contributed by atoms with E-state index < -0.39 is 0 Å². The molecule has 114 valence electrons. The van der Waals surface area contributed by atoms with Crippen molar-refractivity contribution in [3.63, 3.8) is 0 Å². The molecule has 0 saturated heterocycles. The fourth-order valence-electron chi connectivity index (χ4n) is 2.28. The summed E-state index contributed by atoms with van der Waals surface area (Å²) in [6.45, 7) is 6.47. The van der Waals surface area contributed by atoms with E-state index in [0.29, 0.717) is 6.04 Å². The van der Waals surface area contributed by atoms with Crippen LogP contribution in [0.3, 0.4) is 0 Å². The number of thioether (sulfide) groups is 1. The zero-order valence-electron chi connectivity index (χ0n) is 12.9. The Morgan fingerprint density at radius 3 is 2.67 bits per heavy atom. The van der Waals surface area contributed by atoms with Crippen molar-refractivity contribution < 1.29 is 0 Å². The number of nitrogens with zero attached hydrogens (tertiary/aromatic N) is 2. The van der Waals surface area contributed by atoms with Crippen molar-refractivity contribution in [2.45, 2.75) is 37.8 Å². The van der Waals surface area contributed by atoms with Crippen LogP contribution >= 0.6 is 27.7 Å². The molecule has 21 heavy (non-hydrogen) atoms. The number of hydrogen-bond donors (Lipinski definition) is 1. The van der Waals surface area contributed by atoms with Crippen molar-refractivity contribution in [1.29, 1.82) is 0 Å². The summed E-state index contributed by atoms with van der Waals surface area (Å²) in [6.07, 6.45) is 1.89. The monoisotopic (exact) mass is 367 g/mol. The highest BCUT2D eigenvalue weighted by atomic mass is 79.9. The van der Waals surface area contributed by atoms with Crippen molar-refractivity contribution in [3.05, 3.63) is 46.2 Å². The van der Waals surface area contributed by atoms with Crippen LogP contribution in [0, 0.1) is 6.92 Å². The van der Waals surface area contributed by atoms with Gasteiger partial charge < -0.3 is 5.32 Å². The Balaban J connectivity index is 2.17. The highest BCUT2D eigenvalue weighted by Gasteiger charge is 2.20. The van der Waals surface area contributed by atoms with E-state index >= 15 is 0 Å². The Hall–Kier alpha value is -0.780. The summed E-state index contributed by atoms with van der Waals surface area (Å²) in [7, 11) is 2.01. The Morgan fingerprint density at radius 1 is 1.33 bits per heavy atom. The summed E-state index contributed by atoms with van der Waals surface area (Å²) in [5.74, 6) is 0.971. The molecule has 3 nitrogen and oxygen atoms in total. The van der Waals surface area contributed by atoms with Gasteiger partial charge in [0, 0.05) is 16.7 Å². The first-order chi connectivity index (χ1) is 10.0. The molecular weight excluding hydrogens is 346 g/mol. The lowest BCUT2D eigenvalue weighted by Crippen LogP contribution is -2.23. The zero-order valence-corrected chi connectivity index (χ0v) is 15.3. The molecule has 0 aliphatic rings. The molecule has 0 bridgehead atoms. The Morgan fingerprint density at radius 2 is 2.05 bits per heavy atom. The smallest absolute Gasteiger partial charge is 0.0707 e. The van der Waals surface area contributed by atoms with E-state index in [1.807, 2.05) is 25.0 Å². The highest BCUT2D eigenvalue weighted by molar-refractivity contribution is 9.10. The SMILES string of the molecule is CNC(CSc1ccccc1C)c1c(Br)cnn1C(C)C. The molecule has 1 aromatic carbocycles. The van der Waals surface area contributed by atoms with Crippen molar-refractivity contribution in [3.8, 4) is 0 Å². The molecule has 2 rings (SSSR count). The molecule has 0 amide bonds. The maximum Gasteiger partial charge on any atom is 0.0707 e. The number of aryl methyl sites for hydroxylation is 1. The molecule has 1 N–H and O–H groups in total. The number of aromatic nitrogens is 2. The first-order valence-corrected chi connectivity index (χ1v) is 8.91. The molecule has 1 aromatic heterocycles. The van der Waals surface area contributed by atoms with Gasteiger partial charge in [0.05, 0.1) is 22.4 Å². The minimum atomic E-state index is 0.258. The topological polar surface area (TPSA) is 29.9 Å². The van der Waals surface area contributed by atoms with Crippen LogP contribution in [0.15, 0.2) is 39.8 Å². The van der Waals surface area contributed by atoms with E-state index in [1.165, 1.54) is 16.2 Å². The van der Waals surface area contributed by atoms with Crippen molar-refractivity contribution >= 4 is 27.7 Å². The molecule has 1 unspecified atom stereocenters. The van der Waals surface area contributed by atoms with Crippen LogP contribution < -0.4 is 5.32 Å². The average molecular weight is 368 g/mol. The van der Waals surface area contributed by atoms with Crippen molar-refractivity contribution in [2.75, 3.05) is 12.8 Å². The lowest BCUT2D eigenvalue weighted by molar-refractivity contribution is 0.476. The minimum Gasteiger partial charge on any atom is -0.311 e. The third-order valence-electron chi connectivity index (χ3n) is 3.45. The van der Waals surface area contributed by atoms with Crippen LogP contribution in [0.25, 0.3) is 0 Å². The third-order valence-corrected chi connectivity index (χ3v) is 5.33. The zero-order chi connectivity index (χ0) is 15.4. The second-order valence-electron chi connectivity index (χ2n) is 5.33. The van der Waals surface area contributed by atoms with Crippen LogP contribution in [0.2, 0.25) is 0 Å². The van der Waals surface area contributed by atoms with Gasteiger partial charge in [-0.15, -0.1) is 11.8 Å². The van der Waals surface area contributed by atoms with Crippen molar-refractivity contribution in [2.24, 2.45) is 0 Å². The van der Waals surface area contributed by atoms with Crippen LogP contribution in [-0.2, 0) is 0 Å². The van der Waals surface area contributed by atoms with E-state index in [4.69, 9.17) is 0 Å². The second-order valence-corrected chi connectivity index (χ2v) is 7.25. The molecule has 0 aliphatic carbocycles. The summed E-state index contributed by atoms with van der Waals surface area (Å²) < 4.78 is 3.16. The highest BCUT2D eigenvalue weighted by Crippen LogP contribution is 2.31. The predicted molar refractivity (Wildman–Crippen MR) is 94.0 cm³/mol. The number of hydrogen-bond acceptors (Lipinski definition) is 3. The standard InChI is InChI=1S/C16H22BrN3S/c1-11(2)20-16(13(17)9-19-20)14(18-4)10-21-15-8-6-5-7-12(15)3/h5-9,11,14,18H,10H2,1-4H3. The summed E-state index contributed by atoms with van der Waals surface area (Å²) in [4.78, 5) is 1.34. The number of benzene rings is 1. The van der Waals surface area contributed by atoms with E-state index in [1.54, 1.807) is 0 Å². The van der Waals surface area contributed by atoms with Gasteiger partial charge in [0.25, 0.3) is 0 Å². The van der Waals surface area contributed by atoms with Gasteiger partial charge in [-0.05, 0) is 55.4 Å². The lowest BCUT2D eigenvalue weighted by atomic mass is 10.2. The van der Waals surface area contributed by atoms with Crippen LogP contribution in [0.4, 0.5) is 0 Å². The minimum absolute atomic E-state index is 0.258. The van der Waals surface area contributed by atoms with Crippen LogP contribution in [-0.4, -0.2) is 22.6 Å². The largest absolute Gasteiger partial charge is 0.311 e. The summed E-state index contributed by atoms with van der Waals surface area (Å²) >= 11 is 5.52. The van der Waals surface area contributed by atoms with E-state index in [0.717, 1.165) is 10.2 Å². The fourth-order valence-corrected chi connectivity index (χ4v) is 3.97. The van der Waals surface area contributed by atoms with E-state index in [2.05, 4.69) is 76.1 Å². The number of rotatable bonds is 6. The maximum absolute atomic E-state index is 4.48. The Bertz CT molecular complexity index is 595. The molecule has 0 spiro atoms.